The van der Waals surface area contributed by atoms with Crippen molar-refractivity contribution >= 4 is 11.9 Å². The van der Waals surface area contributed by atoms with Crippen LogP contribution in [0.15, 0.2) is 11.1 Å². The molecule has 0 saturated heterocycles. The minimum atomic E-state index is -0.810. The summed E-state index contributed by atoms with van der Waals surface area (Å²) in [6, 6.07) is 0. The second kappa shape index (κ2) is 2.97. The van der Waals surface area contributed by atoms with E-state index in [9.17, 15) is 9.59 Å². The van der Waals surface area contributed by atoms with Crippen LogP contribution in [-0.4, -0.2) is 18.2 Å². The zero-order valence-corrected chi connectivity index (χ0v) is 7.21. The van der Waals surface area contributed by atoms with Crippen molar-refractivity contribution in [3.8, 4) is 0 Å². The molecule has 0 saturated carbocycles. The van der Waals surface area contributed by atoms with Crippen LogP contribution in [0.5, 0.6) is 0 Å². The van der Waals surface area contributed by atoms with Gasteiger partial charge in [-0.05, 0) is 13.8 Å². The molecule has 0 aromatic carbocycles. The van der Waals surface area contributed by atoms with Crippen molar-refractivity contribution < 1.29 is 19.1 Å². The maximum absolute atomic E-state index is 10.9. The lowest BCUT2D eigenvalue weighted by atomic mass is 10.2. The van der Waals surface area contributed by atoms with E-state index < -0.39 is 18.2 Å². The fourth-order valence-corrected chi connectivity index (χ4v) is 0.875. The Labute approximate surface area is 70.1 Å². The molecule has 1 aliphatic rings. The van der Waals surface area contributed by atoms with E-state index >= 15 is 0 Å². The lowest BCUT2D eigenvalue weighted by Crippen LogP contribution is -2.17. The van der Waals surface area contributed by atoms with E-state index in [-0.39, 0.29) is 0 Å². The first-order chi connectivity index (χ1) is 5.52. The van der Waals surface area contributed by atoms with Gasteiger partial charge >= 0.3 is 11.9 Å². The summed E-state index contributed by atoms with van der Waals surface area (Å²) in [6.45, 7) is 4.61. The standard InChI is InChI=1S/C8H10O4/c1-4-5(2)8(11-6(3)9)12-7(4)10/h8H,1-3H3/t8-/m1/s1. The molecule has 12 heavy (non-hydrogen) atoms. The number of carbonyl (C=O) groups is 2. The fourth-order valence-electron chi connectivity index (χ4n) is 0.875. The number of hydrogen-bond acceptors (Lipinski definition) is 4. The molecular formula is C8H10O4. The molecular weight excluding hydrogens is 160 g/mol. The first-order valence-corrected chi connectivity index (χ1v) is 3.58. The molecule has 0 aliphatic carbocycles. The summed E-state index contributed by atoms with van der Waals surface area (Å²) in [5.41, 5.74) is 1.18. The molecule has 0 fully saturated rings. The maximum atomic E-state index is 10.9. The van der Waals surface area contributed by atoms with E-state index in [1.54, 1.807) is 13.8 Å². The van der Waals surface area contributed by atoms with E-state index in [0.29, 0.717) is 11.1 Å². The highest BCUT2D eigenvalue weighted by Crippen LogP contribution is 2.22. The predicted molar refractivity (Wildman–Crippen MR) is 40.0 cm³/mol. The highest BCUT2D eigenvalue weighted by Gasteiger charge is 2.30. The van der Waals surface area contributed by atoms with Gasteiger partial charge in [0.25, 0.3) is 6.29 Å². The second-order valence-electron chi connectivity index (χ2n) is 2.65. The SMILES string of the molecule is CC(=O)O[C@@H]1OC(=O)C(C)=C1C. The molecule has 0 radical (unpaired) electrons. The first-order valence-electron chi connectivity index (χ1n) is 3.58. The average molecular weight is 170 g/mol. The molecule has 1 atom stereocenters. The largest absolute Gasteiger partial charge is 0.421 e. The lowest BCUT2D eigenvalue weighted by molar-refractivity contribution is -0.172. The average Bonchev–Trinajstić information content (AvgIpc) is 2.17. The van der Waals surface area contributed by atoms with Crippen molar-refractivity contribution in [3.05, 3.63) is 11.1 Å². The monoisotopic (exact) mass is 170 g/mol. The molecule has 1 aliphatic heterocycles. The Morgan fingerprint density at radius 1 is 1.50 bits per heavy atom. The summed E-state index contributed by atoms with van der Waals surface area (Å²) in [5, 5.41) is 0. The third-order valence-electron chi connectivity index (χ3n) is 1.74. The number of cyclic esters (lactones) is 1. The number of hydrogen-bond donors (Lipinski definition) is 0. The van der Waals surface area contributed by atoms with Gasteiger partial charge in [-0.1, -0.05) is 0 Å². The molecule has 0 N–H and O–H groups in total. The summed E-state index contributed by atoms with van der Waals surface area (Å²) >= 11 is 0. The highest BCUT2D eigenvalue weighted by atomic mass is 16.7. The van der Waals surface area contributed by atoms with Crippen LogP contribution in [0.3, 0.4) is 0 Å². The number of carbonyl (C=O) groups excluding carboxylic acids is 2. The van der Waals surface area contributed by atoms with Crippen LogP contribution in [-0.2, 0) is 19.1 Å². The van der Waals surface area contributed by atoms with E-state index in [1.165, 1.54) is 6.92 Å². The Morgan fingerprint density at radius 2 is 2.08 bits per heavy atom. The molecule has 4 nitrogen and oxygen atoms in total. The maximum Gasteiger partial charge on any atom is 0.337 e. The van der Waals surface area contributed by atoms with Crippen molar-refractivity contribution in [1.82, 2.24) is 0 Å². The number of rotatable bonds is 1. The Morgan fingerprint density at radius 3 is 2.42 bits per heavy atom. The Hall–Kier alpha value is -1.32. The second-order valence-corrected chi connectivity index (χ2v) is 2.65. The smallest absolute Gasteiger partial charge is 0.337 e. The van der Waals surface area contributed by atoms with Gasteiger partial charge in [-0.3, -0.25) is 4.79 Å². The van der Waals surface area contributed by atoms with Gasteiger partial charge < -0.3 is 9.47 Å². The first kappa shape index (κ1) is 8.77. The highest BCUT2D eigenvalue weighted by molar-refractivity contribution is 5.91. The van der Waals surface area contributed by atoms with Crippen molar-refractivity contribution in [2.45, 2.75) is 27.1 Å². The van der Waals surface area contributed by atoms with Crippen LogP contribution in [0, 0.1) is 0 Å². The van der Waals surface area contributed by atoms with E-state index in [4.69, 9.17) is 9.47 Å². The molecule has 1 rings (SSSR count). The number of esters is 2. The minimum Gasteiger partial charge on any atom is -0.421 e. The van der Waals surface area contributed by atoms with Crippen LogP contribution in [0.1, 0.15) is 20.8 Å². The zero-order chi connectivity index (χ0) is 9.30. The van der Waals surface area contributed by atoms with Crippen molar-refractivity contribution in [2.24, 2.45) is 0 Å². The molecule has 1 heterocycles. The van der Waals surface area contributed by atoms with Gasteiger partial charge in [0, 0.05) is 18.1 Å². The third kappa shape index (κ3) is 1.47. The zero-order valence-electron chi connectivity index (χ0n) is 7.21. The lowest BCUT2D eigenvalue weighted by Gasteiger charge is -2.10. The van der Waals surface area contributed by atoms with Crippen LogP contribution < -0.4 is 0 Å². The van der Waals surface area contributed by atoms with E-state index in [2.05, 4.69) is 0 Å². The fraction of sp³-hybridized carbons (Fsp3) is 0.500. The normalized spacial score (nSPS) is 22.6. The summed E-state index contributed by atoms with van der Waals surface area (Å²) in [5.74, 6) is -0.874. The molecule has 0 spiro atoms. The summed E-state index contributed by atoms with van der Waals surface area (Å²) in [4.78, 5) is 21.4. The molecule has 0 unspecified atom stereocenters. The molecule has 0 amide bonds. The van der Waals surface area contributed by atoms with Gasteiger partial charge in [0.15, 0.2) is 0 Å². The van der Waals surface area contributed by atoms with Crippen LogP contribution in [0.2, 0.25) is 0 Å². The van der Waals surface area contributed by atoms with Gasteiger partial charge in [-0.2, -0.15) is 0 Å². The van der Waals surface area contributed by atoms with E-state index in [1.807, 2.05) is 0 Å². The van der Waals surface area contributed by atoms with Crippen molar-refractivity contribution in [1.29, 1.82) is 0 Å². The summed E-state index contributed by atoms with van der Waals surface area (Å²) in [7, 11) is 0. The molecule has 66 valence electrons. The molecule has 0 aromatic heterocycles. The van der Waals surface area contributed by atoms with Gasteiger partial charge in [0.2, 0.25) is 0 Å². The Bertz CT molecular complexity index is 264. The van der Waals surface area contributed by atoms with Gasteiger partial charge in [-0.15, -0.1) is 0 Å². The van der Waals surface area contributed by atoms with Crippen molar-refractivity contribution in [2.75, 3.05) is 0 Å². The molecule has 0 bridgehead atoms. The van der Waals surface area contributed by atoms with Crippen LogP contribution in [0.4, 0.5) is 0 Å². The Kier molecular flexibility index (Phi) is 2.17. The van der Waals surface area contributed by atoms with Crippen LogP contribution >= 0.6 is 0 Å². The Balaban J connectivity index is 2.73. The molecule has 0 aromatic rings. The number of ether oxygens (including phenoxy) is 2. The van der Waals surface area contributed by atoms with E-state index in [0.717, 1.165) is 0 Å². The van der Waals surface area contributed by atoms with Gasteiger partial charge in [0.05, 0.1) is 0 Å². The third-order valence-corrected chi connectivity index (χ3v) is 1.74. The van der Waals surface area contributed by atoms with Gasteiger partial charge in [0.1, 0.15) is 0 Å². The quantitative estimate of drug-likeness (QED) is 0.545. The summed E-state index contributed by atoms with van der Waals surface area (Å²) in [6.07, 6.45) is -0.810. The molecule has 4 heteroatoms. The predicted octanol–water partition coefficient (Wildman–Crippen LogP) is 0.769. The van der Waals surface area contributed by atoms with Crippen molar-refractivity contribution in [3.63, 3.8) is 0 Å². The van der Waals surface area contributed by atoms with Crippen LogP contribution in [0.25, 0.3) is 0 Å². The minimum absolute atomic E-state index is 0.418. The summed E-state index contributed by atoms with van der Waals surface area (Å²) < 4.78 is 9.46. The topological polar surface area (TPSA) is 52.6 Å². The van der Waals surface area contributed by atoms with Gasteiger partial charge in [-0.25, -0.2) is 4.79 Å².